The van der Waals surface area contributed by atoms with Crippen LogP contribution in [0.25, 0.3) is 0 Å². The smallest absolute Gasteiger partial charge is 0.222 e. The van der Waals surface area contributed by atoms with Crippen molar-refractivity contribution in [2.24, 2.45) is 17.4 Å². The summed E-state index contributed by atoms with van der Waals surface area (Å²) in [6.07, 6.45) is 4.75. The number of carbonyl (C=O) groups excluding carboxylic acids is 1. The third kappa shape index (κ3) is 4.83. The zero-order valence-corrected chi connectivity index (χ0v) is 12.7. The Morgan fingerprint density at radius 2 is 1.95 bits per heavy atom. The van der Waals surface area contributed by atoms with E-state index in [1.54, 1.807) is 0 Å². The SMILES string of the molecule is NCCN(CCc1ccccc1)C(=O)C[C@@H]1CCC[C@H]1N. The predicted octanol–water partition coefficient (Wildman–Crippen LogP) is 1.53. The molecule has 1 fully saturated rings. The van der Waals surface area contributed by atoms with Crippen LogP contribution in [-0.2, 0) is 11.2 Å². The minimum Gasteiger partial charge on any atom is -0.341 e. The molecule has 4 heteroatoms. The van der Waals surface area contributed by atoms with E-state index < -0.39 is 0 Å². The van der Waals surface area contributed by atoms with Gasteiger partial charge >= 0.3 is 0 Å². The Bertz CT molecular complexity index is 435. The first-order valence-electron chi connectivity index (χ1n) is 7.98. The van der Waals surface area contributed by atoms with Gasteiger partial charge in [0.2, 0.25) is 5.91 Å². The summed E-state index contributed by atoms with van der Waals surface area (Å²) < 4.78 is 0. The summed E-state index contributed by atoms with van der Waals surface area (Å²) in [5, 5.41) is 0. The topological polar surface area (TPSA) is 72.3 Å². The summed E-state index contributed by atoms with van der Waals surface area (Å²) >= 11 is 0. The molecule has 1 aromatic carbocycles. The summed E-state index contributed by atoms with van der Waals surface area (Å²) in [6.45, 7) is 1.88. The quantitative estimate of drug-likeness (QED) is 0.799. The van der Waals surface area contributed by atoms with Gasteiger partial charge in [0.25, 0.3) is 0 Å². The van der Waals surface area contributed by atoms with Crippen molar-refractivity contribution < 1.29 is 4.79 Å². The normalized spacial score (nSPS) is 21.4. The first-order valence-corrected chi connectivity index (χ1v) is 7.98. The fourth-order valence-corrected chi connectivity index (χ4v) is 3.10. The highest BCUT2D eigenvalue weighted by Crippen LogP contribution is 2.27. The second-order valence-corrected chi connectivity index (χ2v) is 5.96. The van der Waals surface area contributed by atoms with Gasteiger partial charge in [-0.1, -0.05) is 36.8 Å². The summed E-state index contributed by atoms with van der Waals surface area (Å²) in [5.41, 5.74) is 13.0. The molecule has 0 saturated heterocycles. The molecule has 2 rings (SSSR count). The number of hydrogen-bond donors (Lipinski definition) is 2. The molecule has 0 aromatic heterocycles. The maximum atomic E-state index is 12.5. The first-order chi connectivity index (χ1) is 10.2. The van der Waals surface area contributed by atoms with Gasteiger partial charge in [-0.2, -0.15) is 0 Å². The molecule has 0 bridgehead atoms. The summed E-state index contributed by atoms with van der Waals surface area (Å²) in [6, 6.07) is 10.5. The Hall–Kier alpha value is -1.39. The zero-order valence-electron chi connectivity index (χ0n) is 12.7. The molecule has 116 valence electrons. The van der Waals surface area contributed by atoms with E-state index in [2.05, 4.69) is 12.1 Å². The Morgan fingerprint density at radius 1 is 1.19 bits per heavy atom. The lowest BCUT2D eigenvalue weighted by Gasteiger charge is -2.25. The Labute approximate surface area is 127 Å². The van der Waals surface area contributed by atoms with E-state index in [-0.39, 0.29) is 11.9 Å². The lowest BCUT2D eigenvalue weighted by atomic mass is 9.99. The monoisotopic (exact) mass is 289 g/mol. The van der Waals surface area contributed by atoms with E-state index in [0.717, 1.165) is 32.2 Å². The zero-order chi connectivity index (χ0) is 15.1. The van der Waals surface area contributed by atoms with Crippen LogP contribution in [0.4, 0.5) is 0 Å². The number of benzene rings is 1. The molecule has 4 N–H and O–H groups in total. The molecule has 0 aliphatic heterocycles. The number of nitrogens with two attached hydrogens (primary N) is 2. The molecule has 0 heterocycles. The van der Waals surface area contributed by atoms with Gasteiger partial charge in [0.1, 0.15) is 0 Å². The Balaban J connectivity index is 1.86. The third-order valence-corrected chi connectivity index (χ3v) is 4.42. The summed E-state index contributed by atoms with van der Waals surface area (Å²) in [4.78, 5) is 14.4. The lowest BCUT2D eigenvalue weighted by Crippen LogP contribution is -2.39. The van der Waals surface area contributed by atoms with Crippen molar-refractivity contribution in [3.63, 3.8) is 0 Å². The minimum absolute atomic E-state index is 0.197. The number of carbonyl (C=O) groups is 1. The average molecular weight is 289 g/mol. The van der Waals surface area contributed by atoms with E-state index in [1.165, 1.54) is 5.56 Å². The van der Waals surface area contributed by atoms with Crippen LogP contribution in [0.5, 0.6) is 0 Å². The fourth-order valence-electron chi connectivity index (χ4n) is 3.10. The van der Waals surface area contributed by atoms with Gasteiger partial charge in [0.05, 0.1) is 0 Å². The molecule has 1 aliphatic rings. The second kappa shape index (κ2) is 8.15. The fraction of sp³-hybridized carbons (Fsp3) is 0.588. The average Bonchev–Trinajstić information content (AvgIpc) is 2.89. The number of hydrogen-bond acceptors (Lipinski definition) is 3. The van der Waals surface area contributed by atoms with Gasteiger partial charge in [-0.15, -0.1) is 0 Å². The molecular formula is C17H27N3O. The van der Waals surface area contributed by atoms with Crippen molar-refractivity contribution in [1.82, 2.24) is 4.90 Å². The van der Waals surface area contributed by atoms with Gasteiger partial charge < -0.3 is 16.4 Å². The van der Waals surface area contributed by atoms with Crippen LogP contribution in [0.3, 0.4) is 0 Å². The van der Waals surface area contributed by atoms with E-state index in [0.29, 0.717) is 25.4 Å². The van der Waals surface area contributed by atoms with Crippen LogP contribution >= 0.6 is 0 Å². The molecule has 4 nitrogen and oxygen atoms in total. The van der Waals surface area contributed by atoms with Gasteiger partial charge in [-0.05, 0) is 30.7 Å². The van der Waals surface area contributed by atoms with Crippen LogP contribution in [0.2, 0.25) is 0 Å². The summed E-state index contributed by atoms with van der Waals surface area (Å²) in [7, 11) is 0. The molecular weight excluding hydrogens is 262 g/mol. The van der Waals surface area contributed by atoms with Crippen LogP contribution < -0.4 is 11.5 Å². The Kier molecular flexibility index (Phi) is 6.21. The van der Waals surface area contributed by atoms with Crippen LogP contribution in [0.15, 0.2) is 30.3 Å². The molecule has 21 heavy (non-hydrogen) atoms. The maximum absolute atomic E-state index is 12.5. The van der Waals surface area contributed by atoms with E-state index in [9.17, 15) is 4.79 Å². The molecule has 1 aliphatic carbocycles. The van der Waals surface area contributed by atoms with E-state index in [1.807, 2.05) is 23.1 Å². The minimum atomic E-state index is 0.197. The van der Waals surface area contributed by atoms with Crippen molar-refractivity contribution in [1.29, 1.82) is 0 Å². The van der Waals surface area contributed by atoms with Crippen LogP contribution in [-0.4, -0.2) is 36.5 Å². The largest absolute Gasteiger partial charge is 0.341 e. The van der Waals surface area contributed by atoms with Gasteiger partial charge in [-0.25, -0.2) is 0 Å². The lowest BCUT2D eigenvalue weighted by molar-refractivity contribution is -0.132. The molecule has 0 unspecified atom stereocenters. The first kappa shape index (κ1) is 16.0. The standard InChI is InChI=1S/C17H27N3O/c18-10-12-20(11-9-14-5-2-1-3-6-14)17(21)13-15-7-4-8-16(15)19/h1-3,5-6,15-16H,4,7-13,18-19H2/t15-,16+/m0/s1. The molecule has 0 radical (unpaired) electrons. The van der Waals surface area contributed by atoms with Gasteiger partial charge in [0, 0.05) is 32.1 Å². The highest BCUT2D eigenvalue weighted by atomic mass is 16.2. The van der Waals surface area contributed by atoms with Crippen LogP contribution in [0.1, 0.15) is 31.2 Å². The molecule has 0 spiro atoms. The highest BCUT2D eigenvalue weighted by molar-refractivity contribution is 5.76. The van der Waals surface area contributed by atoms with Crippen molar-refractivity contribution in [3.05, 3.63) is 35.9 Å². The Morgan fingerprint density at radius 3 is 2.57 bits per heavy atom. The van der Waals surface area contributed by atoms with E-state index >= 15 is 0 Å². The molecule has 1 saturated carbocycles. The third-order valence-electron chi connectivity index (χ3n) is 4.42. The summed E-state index contributed by atoms with van der Waals surface area (Å²) in [5.74, 6) is 0.563. The van der Waals surface area contributed by atoms with Crippen molar-refractivity contribution in [2.45, 2.75) is 38.1 Å². The predicted molar refractivity (Wildman–Crippen MR) is 85.7 cm³/mol. The molecule has 1 amide bonds. The maximum Gasteiger partial charge on any atom is 0.222 e. The van der Waals surface area contributed by atoms with Crippen LogP contribution in [0, 0.1) is 5.92 Å². The number of amides is 1. The van der Waals surface area contributed by atoms with Gasteiger partial charge in [-0.3, -0.25) is 4.79 Å². The van der Waals surface area contributed by atoms with Crippen molar-refractivity contribution in [2.75, 3.05) is 19.6 Å². The number of nitrogens with zero attached hydrogens (tertiary/aromatic N) is 1. The van der Waals surface area contributed by atoms with Crippen molar-refractivity contribution in [3.8, 4) is 0 Å². The van der Waals surface area contributed by atoms with Crippen molar-refractivity contribution >= 4 is 5.91 Å². The highest BCUT2D eigenvalue weighted by Gasteiger charge is 2.27. The molecule has 2 atom stereocenters. The molecule has 1 aromatic rings. The second-order valence-electron chi connectivity index (χ2n) is 5.96. The van der Waals surface area contributed by atoms with Gasteiger partial charge in [0.15, 0.2) is 0 Å². The van der Waals surface area contributed by atoms with E-state index in [4.69, 9.17) is 11.5 Å². The number of rotatable bonds is 7.